The number of nitrogens with zero attached hydrogens (tertiary/aromatic N) is 1. The predicted molar refractivity (Wildman–Crippen MR) is 83.3 cm³/mol. The monoisotopic (exact) mass is 287 g/mol. The lowest BCUT2D eigenvalue weighted by Gasteiger charge is -2.31. The van der Waals surface area contributed by atoms with Gasteiger partial charge in [-0.2, -0.15) is 0 Å². The van der Waals surface area contributed by atoms with Crippen molar-refractivity contribution in [1.29, 1.82) is 0 Å². The Morgan fingerprint density at radius 2 is 1.95 bits per heavy atom. The highest BCUT2D eigenvalue weighted by Gasteiger charge is 2.20. The number of carbonyl (C=O) groups is 1. The third-order valence-electron chi connectivity index (χ3n) is 5.04. The number of aliphatic carboxylic acids is 1. The maximum Gasteiger partial charge on any atom is 0.303 e. The fraction of sp³-hybridized carbons (Fsp3) is 0.611. The first-order chi connectivity index (χ1) is 10.2. The van der Waals surface area contributed by atoms with Crippen molar-refractivity contribution in [2.24, 2.45) is 5.92 Å². The van der Waals surface area contributed by atoms with E-state index in [4.69, 9.17) is 5.11 Å². The number of likely N-dealkylation sites (tertiary alicyclic amines) is 1. The molecule has 2 aliphatic rings. The molecule has 0 aromatic heterocycles. The molecule has 1 saturated heterocycles. The van der Waals surface area contributed by atoms with Crippen molar-refractivity contribution < 1.29 is 9.90 Å². The quantitative estimate of drug-likeness (QED) is 0.903. The van der Waals surface area contributed by atoms with Gasteiger partial charge >= 0.3 is 5.97 Å². The topological polar surface area (TPSA) is 40.5 Å². The molecule has 0 unspecified atom stereocenters. The number of piperidine rings is 1. The van der Waals surface area contributed by atoms with Gasteiger partial charge in [-0.25, -0.2) is 0 Å². The summed E-state index contributed by atoms with van der Waals surface area (Å²) in [6.07, 6.45) is 7.30. The first kappa shape index (κ1) is 14.6. The van der Waals surface area contributed by atoms with Crippen LogP contribution in [-0.2, 0) is 24.2 Å². The lowest BCUT2D eigenvalue weighted by molar-refractivity contribution is -0.137. The van der Waals surface area contributed by atoms with Crippen molar-refractivity contribution in [1.82, 2.24) is 4.90 Å². The minimum Gasteiger partial charge on any atom is -0.481 e. The summed E-state index contributed by atoms with van der Waals surface area (Å²) < 4.78 is 0. The van der Waals surface area contributed by atoms with Crippen LogP contribution in [0.3, 0.4) is 0 Å². The van der Waals surface area contributed by atoms with Crippen LogP contribution < -0.4 is 0 Å². The van der Waals surface area contributed by atoms with Crippen LogP contribution in [-0.4, -0.2) is 29.1 Å². The zero-order chi connectivity index (χ0) is 14.7. The van der Waals surface area contributed by atoms with E-state index in [1.807, 2.05) is 0 Å². The Balaban J connectivity index is 1.48. The summed E-state index contributed by atoms with van der Waals surface area (Å²) in [5.74, 6) is -0.0482. The lowest BCUT2D eigenvalue weighted by atomic mass is 9.92. The molecule has 3 rings (SSSR count). The molecule has 0 atom stereocenters. The smallest absolute Gasteiger partial charge is 0.303 e. The zero-order valence-corrected chi connectivity index (χ0v) is 12.7. The maximum absolute atomic E-state index is 10.6. The second-order valence-electron chi connectivity index (χ2n) is 6.61. The fourth-order valence-electron chi connectivity index (χ4n) is 3.74. The first-order valence-electron chi connectivity index (χ1n) is 8.25. The van der Waals surface area contributed by atoms with E-state index in [2.05, 4.69) is 23.1 Å². The highest BCUT2D eigenvalue weighted by atomic mass is 16.4. The van der Waals surface area contributed by atoms with Gasteiger partial charge in [0.25, 0.3) is 0 Å². The molecule has 21 heavy (non-hydrogen) atoms. The van der Waals surface area contributed by atoms with Crippen LogP contribution in [0.25, 0.3) is 0 Å². The van der Waals surface area contributed by atoms with Gasteiger partial charge in [-0.1, -0.05) is 18.2 Å². The van der Waals surface area contributed by atoms with Crippen molar-refractivity contribution in [3.05, 3.63) is 34.9 Å². The Labute approximate surface area is 127 Å². The number of rotatable bonds is 5. The predicted octanol–water partition coefficient (Wildman–Crippen LogP) is 3.25. The molecule has 1 aliphatic carbocycles. The minimum absolute atomic E-state index is 0.329. The largest absolute Gasteiger partial charge is 0.481 e. The second-order valence-corrected chi connectivity index (χ2v) is 6.61. The Morgan fingerprint density at radius 1 is 1.19 bits per heavy atom. The standard InChI is InChI=1S/C18H25NO2/c20-18(21)7-5-14-8-10-19(11-9-14)13-15-4-6-16-2-1-3-17(16)12-15/h4,6,12,14H,1-3,5,7-11,13H2,(H,20,21). The van der Waals surface area contributed by atoms with Crippen LogP contribution >= 0.6 is 0 Å². The van der Waals surface area contributed by atoms with Crippen LogP contribution in [0.5, 0.6) is 0 Å². The molecule has 1 aromatic rings. The van der Waals surface area contributed by atoms with Crippen molar-refractivity contribution in [2.75, 3.05) is 13.1 Å². The number of carboxylic acids is 1. The maximum atomic E-state index is 10.6. The van der Waals surface area contributed by atoms with E-state index in [-0.39, 0.29) is 0 Å². The van der Waals surface area contributed by atoms with E-state index in [1.165, 1.54) is 24.8 Å². The normalized spacial score (nSPS) is 19.6. The van der Waals surface area contributed by atoms with Gasteiger partial charge in [-0.05, 0) is 74.2 Å². The van der Waals surface area contributed by atoms with Gasteiger partial charge < -0.3 is 5.11 Å². The summed E-state index contributed by atoms with van der Waals surface area (Å²) in [4.78, 5) is 13.2. The van der Waals surface area contributed by atoms with Crippen molar-refractivity contribution >= 4 is 5.97 Å². The highest BCUT2D eigenvalue weighted by Crippen LogP contribution is 2.26. The summed E-state index contributed by atoms with van der Waals surface area (Å²) >= 11 is 0. The summed E-state index contributed by atoms with van der Waals surface area (Å²) in [5, 5.41) is 8.76. The number of benzene rings is 1. The third-order valence-corrected chi connectivity index (χ3v) is 5.04. The number of hydrogen-bond acceptors (Lipinski definition) is 2. The van der Waals surface area contributed by atoms with Gasteiger partial charge in [0.15, 0.2) is 0 Å². The Hall–Kier alpha value is -1.35. The van der Waals surface area contributed by atoms with E-state index in [0.717, 1.165) is 38.9 Å². The first-order valence-corrected chi connectivity index (χ1v) is 8.25. The van der Waals surface area contributed by atoms with Crippen LogP contribution in [0.15, 0.2) is 18.2 Å². The average Bonchev–Trinajstić information content (AvgIpc) is 2.94. The van der Waals surface area contributed by atoms with E-state index in [1.54, 1.807) is 11.1 Å². The molecule has 0 bridgehead atoms. The van der Waals surface area contributed by atoms with Crippen LogP contribution in [0.1, 0.15) is 48.8 Å². The summed E-state index contributed by atoms with van der Waals surface area (Å²) in [7, 11) is 0. The van der Waals surface area contributed by atoms with E-state index in [0.29, 0.717) is 12.3 Å². The SMILES string of the molecule is O=C(O)CCC1CCN(Cc2ccc3c(c2)CCC3)CC1. The Kier molecular flexibility index (Phi) is 4.59. The number of aryl methyl sites for hydroxylation is 2. The number of hydrogen-bond donors (Lipinski definition) is 1. The molecule has 0 saturated carbocycles. The molecule has 0 radical (unpaired) electrons. The van der Waals surface area contributed by atoms with Crippen molar-refractivity contribution in [3.63, 3.8) is 0 Å². The molecular weight excluding hydrogens is 262 g/mol. The molecule has 1 fully saturated rings. The summed E-state index contributed by atoms with van der Waals surface area (Å²) in [6, 6.07) is 7.01. The van der Waals surface area contributed by atoms with Gasteiger partial charge in [-0.3, -0.25) is 9.69 Å². The number of carboxylic acid groups (broad SMARTS) is 1. The van der Waals surface area contributed by atoms with Crippen LogP contribution in [0, 0.1) is 5.92 Å². The molecule has 0 spiro atoms. The average molecular weight is 287 g/mol. The van der Waals surface area contributed by atoms with Crippen LogP contribution in [0.2, 0.25) is 0 Å². The summed E-state index contributed by atoms with van der Waals surface area (Å²) in [5.41, 5.74) is 4.55. The van der Waals surface area contributed by atoms with Gasteiger partial charge in [-0.15, -0.1) is 0 Å². The Morgan fingerprint density at radius 3 is 2.71 bits per heavy atom. The molecule has 3 nitrogen and oxygen atoms in total. The fourth-order valence-corrected chi connectivity index (χ4v) is 3.74. The van der Waals surface area contributed by atoms with Gasteiger partial charge in [0.2, 0.25) is 0 Å². The molecule has 1 aromatic carbocycles. The second kappa shape index (κ2) is 6.61. The Bertz CT molecular complexity index is 504. The molecule has 1 aliphatic heterocycles. The van der Waals surface area contributed by atoms with Crippen LogP contribution in [0.4, 0.5) is 0 Å². The lowest BCUT2D eigenvalue weighted by Crippen LogP contribution is -2.33. The molecule has 0 amide bonds. The highest BCUT2D eigenvalue weighted by molar-refractivity contribution is 5.66. The van der Waals surface area contributed by atoms with E-state index >= 15 is 0 Å². The molecule has 3 heteroatoms. The van der Waals surface area contributed by atoms with E-state index < -0.39 is 5.97 Å². The number of fused-ring (bicyclic) bond motifs is 1. The van der Waals surface area contributed by atoms with Gasteiger partial charge in [0.1, 0.15) is 0 Å². The third kappa shape index (κ3) is 3.85. The van der Waals surface area contributed by atoms with Crippen molar-refractivity contribution in [2.45, 2.75) is 51.5 Å². The van der Waals surface area contributed by atoms with Crippen molar-refractivity contribution in [3.8, 4) is 0 Å². The van der Waals surface area contributed by atoms with E-state index in [9.17, 15) is 4.79 Å². The molecular formula is C18H25NO2. The molecule has 1 heterocycles. The molecule has 1 N–H and O–H groups in total. The van der Waals surface area contributed by atoms with Gasteiger partial charge in [0, 0.05) is 13.0 Å². The molecule has 114 valence electrons. The summed E-state index contributed by atoms with van der Waals surface area (Å²) in [6.45, 7) is 3.28. The minimum atomic E-state index is -0.657. The zero-order valence-electron chi connectivity index (χ0n) is 12.7. The van der Waals surface area contributed by atoms with Gasteiger partial charge in [0.05, 0.1) is 0 Å².